The van der Waals surface area contributed by atoms with Gasteiger partial charge in [0.1, 0.15) is 11.5 Å². The van der Waals surface area contributed by atoms with Crippen LogP contribution in [0.15, 0.2) is 36.4 Å². The summed E-state index contributed by atoms with van der Waals surface area (Å²) in [7, 11) is 3.18. The van der Waals surface area contributed by atoms with E-state index in [0.29, 0.717) is 17.2 Å². The second-order valence-electron chi connectivity index (χ2n) is 5.31. The van der Waals surface area contributed by atoms with Crippen LogP contribution in [0.4, 0.5) is 11.4 Å². The van der Waals surface area contributed by atoms with Gasteiger partial charge in [-0.15, -0.1) is 0 Å². The molecule has 0 fully saturated rings. The van der Waals surface area contributed by atoms with Gasteiger partial charge in [0.15, 0.2) is 0 Å². The summed E-state index contributed by atoms with van der Waals surface area (Å²) >= 11 is 0. The first-order chi connectivity index (χ1) is 11.0. The fraction of sp³-hybridized carbons (Fsp3) is 0.278. The van der Waals surface area contributed by atoms with Crippen LogP contribution in [0, 0.1) is 13.8 Å². The predicted octanol–water partition coefficient (Wildman–Crippen LogP) is 3.37. The van der Waals surface area contributed by atoms with Gasteiger partial charge in [0.2, 0.25) is 5.91 Å². The van der Waals surface area contributed by atoms with Gasteiger partial charge < -0.3 is 20.1 Å². The lowest BCUT2D eigenvalue weighted by atomic mass is 10.2. The second-order valence-corrected chi connectivity index (χ2v) is 5.31. The zero-order valence-corrected chi connectivity index (χ0v) is 13.9. The zero-order valence-electron chi connectivity index (χ0n) is 13.9. The minimum Gasteiger partial charge on any atom is -0.495 e. The first kappa shape index (κ1) is 16.7. The third-order valence-corrected chi connectivity index (χ3v) is 3.42. The maximum atomic E-state index is 12.2. The van der Waals surface area contributed by atoms with E-state index in [-0.39, 0.29) is 12.5 Å². The molecule has 5 nitrogen and oxygen atoms in total. The van der Waals surface area contributed by atoms with Crippen molar-refractivity contribution < 1.29 is 14.3 Å². The number of aryl methyl sites for hydroxylation is 2. The van der Waals surface area contributed by atoms with Gasteiger partial charge in [-0.1, -0.05) is 12.1 Å². The summed E-state index contributed by atoms with van der Waals surface area (Å²) in [6, 6.07) is 11.4. The lowest BCUT2D eigenvalue weighted by molar-refractivity contribution is -0.114. The van der Waals surface area contributed by atoms with Crippen molar-refractivity contribution in [3.63, 3.8) is 0 Å². The Morgan fingerprint density at radius 1 is 0.913 bits per heavy atom. The van der Waals surface area contributed by atoms with Gasteiger partial charge in [0.05, 0.1) is 32.1 Å². The van der Waals surface area contributed by atoms with Crippen LogP contribution >= 0.6 is 0 Å². The van der Waals surface area contributed by atoms with Crippen LogP contribution in [0.25, 0.3) is 0 Å². The Bertz CT molecular complexity index is 699. The summed E-state index contributed by atoms with van der Waals surface area (Å²) in [6.45, 7) is 4.09. The van der Waals surface area contributed by atoms with Crippen LogP contribution in [-0.2, 0) is 4.79 Å². The third-order valence-electron chi connectivity index (χ3n) is 3.42. The molecule has 2 aromatic carbocycles. The molecular weight excluding hydrogens is 292 g/mol. The summed E-state index contributed by atoms with van der Waals surface area (Å²) in [5.74, 6) is 1.19. The van der Waals surface area contributed by atoms with E-state index in [2.05, 4.69) is 10.6 Å². The minimum absolute atomic E-state index is 0.136. The number of hydrogen-bond acceptors (Lipinski definition) is 4. The Hall–Kier alpha value is -2.69. The monoisotopic (exact) mass is 314 g/mol. The van der Waals surface area contributed by atoms with Crippen LogP contribution in [0.2, 0.25) is 0 Å². The van der Waals surface area contributed by atoms with Crippen molar-refractivity contribution in [3.05, 3.63) is 47.5 Å². The van der Waals surface area contributed by atoms with Crippen LogP contribution < -0.4 is 20.1 Å². The number of carbonyl (C=O) groups excluding carboxylic acids is 1. The first-order valence-corrected chi connectivity index (χ1v) is 7.36. The highest BCUT2D eigenvalue weighted by Gasteiger charge is 2.09. The van der Waals surface area contributed by atoms with Crippen LogP contribution in [0.3, 0.4) is 0 Å². The molecule has 0 radical (unpaired) electrons. The molecule has 23 heavy (non-hydrogen) atoms. The lowest BCUT2D eigenvalue weighted by Crippen LogP contribution is -2.22. The molecule has 0 heterocycles. The topological polar surface area (TPSA) is 59.6 Å². The largest absolute Gasteiger partial charge is 0.495 e. The fourth-order valence-electron chi connectivity index (χ4n) is 2.25. The van der Waals surface area contributed by atoms with E-state index >= 15 is 0 Å². The van der Waals surface area contributed by atoms with Crippen molar-refractivity contribution in [1.29, 1.82) is 0 Å². The Morgan fingerprint density at radius 2 is 1.43 bits per heavy atom. The predicted molar refractivity (Wildman–Crippen MR) is 92.6 cm³/mol. The van der Waals surface area contributed by atoms with Crippen molar-refractivity contribution in [2.75, 3.05) is 31.4 Å². The van der Waals surface area contributed by atoms with Crippen LogP contribution in [0.5, 0.6) is 11.5 Å². The van der Waals surface area contributed by atoms with Crippen LogP contribution in [0.1, 0.15) is 11.1 Å². The molecule has 2 N–H and O–H groups in total. The van der Waals surface area contributed by atoms with Gasteiger partial charge in [-0.25, -0.2) is 0 Å². The fourth-order valence-corrected chi connectivity index (χ4v) is 2.25. The Balaban J connectivity index is 2.04. The molecule has 0 aliphatic rings. The lowest BCUT2D eigenvalue weighted by Gasteiger charge is -2.14. The van der Waals surface area contributed by atoms with E-state index < -0.39 is 0 Å². The summed E-state index contributed by atoms with van der Waals surface area (Å²) in [4.78, 5) is 12.2. The van der Waals surface area contributed by atoms with Crippen molar-refractivity contribution in [1.82, 2.24) is 0 Å². The number of anilines is 2. The molecule has 5 heteroatoms. The molecular formula is C18H22N2O3. The molecule has 0 saturated heterocycles. The zero-order chi connectivity index (χ0) is 16.8. The standard InChI is InChI=1S/C18H22N2O3/c1-12-5-7-16(22-3)14(9-12)19-11-18(21)20-15-10-13(2)6-8-17(15)23-4/h5-10,19H,11H2,1-4H3,(H,20,21). The molecule has 0 atom stereocenters. The number of benzene rings is 2. The minimum atomic E-state index is -0.155. The highest BCUT2D eigenvalue weighted by atomic mass is 16.5. The smallest absolute Gasteiger partial charge is 0.243 e. The average molecular weight is 314 g/mol. The van der Waals surface area contributed by atoms with Gasteiger partial charge >= 0.3 is 0 Å². The van der Waals surface area contributed by atoms with Gasteiger partial charge in [0.25, 0.3) is 0 Å². The number of amides is 1. The van der Waals surface area contributed by atoms with Crippen molar-refractivity contribution >= 4 is 17.3 Å². The first-order valence-electron chi connectivity index (χ1n) is 7.36. The molecule has 0 aliphatic carbocycles. The Morgan fingerprint density at radius 3 is 2.00 bits per heavy atom. The average Bonchev–Trinajstić information content (AvgIpc) is 2.53. The van der Waals surface area contributed by atoms with E-state index in [1.165, 1.54) is 0 Å². The maximum absolute atomic E-state index is 12.2. The molecule has 0 aliphatic heterocycles. The number of ether oxygens (including phenoxy) is 2. The third kappa shape index (κ3) is 4.39. The van der Waals surface area contributed by atoms with E-state index in [1.54, 1.807) is 14.2 Å². The number of nitrogens with one attached hydrogen (secondary N) is 2. The number of hydrogen-bond donors (Lipinski definition) is 2. The van der Waals surface area contributed by atoms with Gasteiger partial charge in [-0.05, 0) is 49.2 Å². The number of methoxy groups -OCH3 is 2. The second kappa shape index (κ2) is 7.54. The molecule has 0 bridgehead atoms. The Kier molecular flexibility index (Phi) is 5.46. The molecule has 0 spiro atoms. The molecule has 0 aromatic heterocycles. The van der Waals surface area contributed by atoms with Gasteiger partial charge in [-0.2, -0.15) is 0 Å². The van der Waals surface area contributed by atoms with Crippen molar-refractivity contribution in [2.45, 2.75) is 13.8 Å². The quantitative estimate of drug-likeness (QED) is 0.858. The highest BCUT2D eigenvalue weighted by molar-refractivity contribution is 5.95. The summed E-state index contributed by atoms with van der Waals surface area (Å²) in [5.41, 5.74) is 3.60. The molecule has 0 saturated carbocycles. The molecule has 2 aromatic rings. The van der Waals surface area contributed by atoms with Gasteiger partial charge in [-0.3, -0.25) is 4.79 Å². The van der Waals surface area contributed by atoms with E-state index in [0.717, 1.165) is 16.8 Å². The summed E-state index contributed by atoms with van der Waals surface area (Å²) in [6.07, 6.45) is 0. The van der Waals surface area contributed by atoms with E-state index in [9.17, 15) is 4.79 Å². The number of rotatable bonds is 6. The van der Waals surface area contributed by atoms with Crippen molar-refractivity contribution in [3.8, 4) is 11.5 Å². The maximum Gasteiger partial charge on any atom is 0.243 e. The Labute approximate surface area is 136 Å². The molecule has 122 valence electrons. The molecule has 1 amide bonds. The normalized spacial score (nSPS) is 10.1. The number of carbonyl (C=O) groups is 1. The highest BCUT2D eigenvalue weighted by Crippen LogP contribution is 2.26. The van der Waals surface area contributed by atoms with Crippen LogP contribution in [-0.4, -0.2) is 26.7 Å². The summed E-state index contributed by atoms with van der Waals surface area (Å²) < 4.78 is 10.6. The van der Waals surface area contributed by atoms with Crippen molar-refractivity contribution in [2.24, 2.45) is 0 Å². The molecule has 0 unspecified atom stereocenters. The van der Waals surface area contributed by atoms with E-state index in [4.69, 9.17) is 9.47 Å². The van der Waals surface area contributed by atoms with Gasteiger partial charge in [0, 0.05) is 0 Å². The molecule has 2 rings (SSSR count). The SMILES string of the molecule is COc1ccc(C)cc1NCC(=O)Nc1cc(C)ccc1OC. The van der Waals surface area contributed by atoms with E-state index in [1.807, 2.05) is 50.2 Å². The summed E-state index contributed by atoms with van der Waals surface area (Å²) in [5, 5.41) is 5.96.